The zero-order chi connectivity index (χ0) is 20.4. The molecule has 148 valence electrons. The highest BCUT2D eigenvalue weighted by Gasteiger charge is 2.11. The SMILES string of the molecule is COc1ccc(C(=O)NCCNC(=O)CNC(=O)c2ccccc2)cc1OC. The van der Waals surface area contributed by atoms with Crippen LogP contribution in [-0.4, -0.2) is 51.6 Å². The van der Waals surface area contributed by atoms with Crippen molar-refractivity contribution in [1.82, 2.24) is 16.0 Å². The predicted molar refractivity (Wildman–Crippen MR) is 104 cm³/mol. The van der Waals surface area contributed by atoms with Gasteiger partial charge in [0.15, 0.2) is 11.5 Å². The average molecular weight is 385 g/mol. The Bertz CT molecular complexity index is 824. The van der Waals surface area contributed by atoms with Gasteiger partial charge in [0.25, 0.3) is 11.8 Å². The van der Waals surface area contributed by atoms with Crippen molar-refractivity contribution in [2.45, 2.75) is 0 Å². The van der Waals surface area contributed by atoms with Crippen LogP contribution in [0.1, 0.15) is 20.7 Å². The standard InChI is InChI=1S/C20H23N3O5/c1-27-16-9-8-15(12-17(16)28-2)20(26)22-11-10-21-18(24)13-23-19(25)14-6-4-3-5-7-14/h3-9,12H,10-11,13H2,1-2H3,(H,21,24)(H,22,26)(H,23,25). The van der Waals surface area contributed by atoms with Gasteiger partial charge in [0, 0.05) is 24.2 Å². The second kappa shape index (κ2) is 10.6. The average Bonchev–Trinajstić information content (AvgIpc) is 2.74. The third-order valence-electron chi connectivity index (χ3n) is 3.82. The van der Waals surface area contributed by atoms with Crippen LogP contribution in [0, 0.1) is 0 Å². The molecular formula is C20H23N3O5. The van der Waals surface area contributed by atoms with Crippen molar-refractivity contribution < 1.29 is 23.9 Å². The van der Waals surface area contributed by atoms with Crippen LogP contribution in [-0.2, 0) is 4.79 Å². The van der Waals surface area contributed by atoms with E-state index < -0.39 is 0 Å². The van der Waals surface area contributed by atoms with E-state index in [-0.39, 0.29) is 37.4 Å². The Balaban J connectivity index is 1.70. The van der Waals surface area contributed by atoms with E-state index in [9.17, 15) is 14.4 Å². The van der Waals surface area contributed by atoms with E-state index in [1.54, 1.807) is 48.5 Å². The van der Waals surface area contributed by atoms with Gasteiger partial charge in [0.05, 0.1) is 20.8 Å². The van der Waals surface area contributed by atoms with Crippen molar-refractivity contribution in [2.75, 3.05) is 33.9 Å². The molecule has 8 heteroatoms. The zero-order valence-corrected chi connectivity index (χ0v) is 15.8. The molecule has 0 atom stereocenters. The highest BCUT2D eigenvalue weighted by atomic mass is 16.5. The maximum atomic E-state index is 12.2. The number of hydrogen-bond acceptors (Lipinski definition) is 5. The third-order valence-corrected chi connectivity index (χ3v) is 3.82. The molecule has 0 aliphatic heterocycles. The number of amides is 3. The van der Waals surface area contributed by atoms with E-state index >= 15 is 0 Å². The zero-order valence-electron chi connectivity index (χ0n) is 15.8. The number of carbonyl (C=O) groups excluding carboxylic acids is 3. The number of carbonyl (C=O) groups is 3. The van der Waals surface area contributed by atoms with Gasteiger partial charge in [0.1, 0.15) is 0 Å². The highest BCUT2D eigenvalue weighted by molar-refractivity contribution is 5.96. The fourth-order valence-corrected chi connectivity index (χ4v) is 2.37. The molecule has 0 saturated carbocycles. The van der Waals surface area contributed by atoms with E-state index in [1.807, 2.05) is 0 Å². The largest absolute Gasteiger partial charge is 0.493 e. The van der Waals surface area contributed by atoms with Gasteiger partial charge in [0.2, 0.25) is 5.91 Å². The quantitative estimate of drug-likeness (QED) is 0.558. The van der Waals surface area contributed by atoms with Crippen LogP contribution < -0.4 is 25.4 Å². The van der Waals surface area contributed by atoms with Crippen molar-refractivity contribution in [3.05, 3.63) is 59.7 Å². The second-order valence-electron chi connectivity index (χ2n) is 5.72. The van der Waals surface area contributed by atoms with Crippen molar-refractivity contribution >= 4 is 17.7 Å². The van der Waals surface area contributed by atoms with Crippen molar-refractivity contribution in [2.24, 2.45) is 0 Å². The molecule has 3 N–H and O–H groups in total. The maximum absolute atomic E-state index is 12.2. The van der Waals surface area contributed by atoms with Gasteiger partial charge in [-0.1, -0.05) is 18.2 Å². The molecule has 0 saturated heterocycles. The van der Waals surface area contributed by atoms with E-state index in [0.29, 0.717) is 22.6 Å². The molecule has 0 radical (unpaired) electrons. The Morgan fingerprint density at radius 3 is 2.07 bits per heavy atom. The minimum Gasteiger partial charge on any atom is -0.493 e. The van der Waals surface area contributed by atoms with Gasteiger partial charge in [-0.05, 0) is 30.3 Å². The van der Waals surface area contributed by atoms with Gasteiger partial charge in [-0.3, -0.25) is 14.4 Å². The first-order chi connectivity index (χ1) is 13.5. The first kappa shape index (κ1) is 20.8. The fraction of sp³-hybridized carbons (Fsp3) is 0.250. The van der Waals surface area contributed by atoms with Gasteiger partial charge >= 0.3 is 0 Å². The molecule has 0 spiro atoms. The summed E-state index contributed by atoms with van der Waals surface area (Å²) >= 11 is 0. The summed E-state index contributed by atoms with van der Waals surface area (Å²) in [5.41, 5.74) is 0.900. The van der Waals surface area contributed by atoms with Crippen LogP contribution >= 0.6 is 0 Å². The summed E-state index contributed by atoms with van der Waals surface area (Å²) in [7, 11) is 3.01. The van der Waals surface area contributed by atoms with Gasteiger partial charge in [-0.15, -0.1) is 0 Å². The van der Waals surface area contributed by atoms with Crippen LogP contribution in [0.3, 0.4) is 0 Å². The van der Waals surface area contributed by atoms with Crippen LogP contribution in [0.5, 0.6) is 11.5 Å². The second-order valence-corrected chi connectivity index (χ2v) is 5.72. The molecule has 0 aliphatic rings. The summed E-state index contributed by atoms with van der Waals surface area (Å²) in [5, 5.41) is 7.85. The van der Waals surface area contributed by atoms with Crippen LogP contribution in [0.15, 0.2) is 48.5 Å². The van der Waals surface area contributed by atoms with Crippen molar-refractivity contribution in [3.8, 4) is 11.5 Å². The number of rotatable bonds is 9. The molecule has 0 unspecified atom stereocenters. The maximum Gasteiger partial charge on any atom is 0.251 e. The number of nitrogens with one attached hydrogen (secondary N) is 3. The molecule has 0 aliphatic carbocycles. The lowest BCUT2D eigenvalue weighted by Gasteiger charge is -2.10. The van der Waals surface area contributed by atoms with E-state index in [1.165, 1.54) is 14.2 Å². The molecule has 0 bridgehead atoms. The van der Waals surface area contributed by atoms with Gasteiger partial charge in [-0.25, -0.2) is 0 Å². The number of benzene rings is 2. The molecule has 2 aromatic carbocycles. The summed E-state index contributed by atoms with van der Waals surface area (Å²) in [5.74, 6) is 0.0243. The van der Waals surface area contributed by atoms with Gasteiger partial charge in [-0.2, -0.15) is 0 Å². The molecule has 3 amide bonds. The first-order valence-corrected chi connectivity index (χ1v) is 8.65. The summed E-state index contributed by atoms with van der Waals surface area (Å²) in [6.07, 6.45) is 0. The molecule has 0 fully saturated rings. The van der Waals surface area contributed by atoms with Crippen LogP contribution in [0.25, 0.3) is 0 Å². The first-order valence-electron chi connectivity index (χ1n) is 8.65. The Morgan fingerprint density at radius 1 is 0.750 bits per heavy atom. The lowest BCUT2D eigenvalue weighted by molar-refractivity contribution is -0.120. The Hall–Kier alpha value is -3.55. The number of methoxy groups -OCH3 is 2. The number of ether oxygens (including phenoxy) is 2. The van der Waals surface area contributed by atoms with E-state index in [0.717, 1.165) is 0 Å². The molecule has 0 aromatic heterocycles. The molecule has 28 heavy (non-hydrogen) atoms. The highest BCUT2D eigenvalue weighted by Crippen LogP contribution is 2.27. The summed E-state index contributed by atoms with van der Waals surface area (Å²) < 4.78 is 10.3. The summed E-state index contributed by atoms with van der Waals surface area (Å²) in [6.45, 7) is 0.335. The minimum atomic E-state index is -0.343. The third kappa shape index (κ3) is 6.01. The molecule has 2 aromatic rings. The lowest BCUT2D eigenvalue weighted by atomic mass is 10.2. The van der Waals surface area contributed by atoms with Crippen LogP contribution in [0.2, 0.25) is 0 Å². The minimum absolute atomic E-state index is 0.142. The molecule has 2 rings (SSSR count). The normalized spacial score (nSPS) is 9.93. The van der Waals surface area contributed by atoms with Crippen LogP contribution in [0.4, 0.5) is 0 Å². The summed E-state index contributed by atoms with van der Waals surface area (Å²) in [4.78, 5) is 35.8. The molecular weight excluding hydrogens is 362 g/mol. The Kier molecular flexibility index (Phi) is 7.83. The summed E-state index contributed by atoms with van der Waals surface area (Å²) in [6, 6.07) is 13.5. The molecule has 0 heterocycles. The van der Waals surface area contributed by atoms with Crippen molar-refractivity contribution in [3.63, 3.8) is 0 Å². The number of hydrogen-bond donors (Lipinski definition) is 3. The monoisotopic (exact) mass is 385 g/mol. The topological polar surface area (TPSA) is 106 Å². The predicted octanol–water partition coefficient (Wildman–Crippen LogP) is 0.980. The van der Waals surface area contributed by atoms with E-state index in [4.69, 9.17) is 9.47 Å². The Labute approximate surface area is 163 Å². The molecule has 8 nitrogen and oxygen atoms in total. The smallest absolute Gasteiger partial charge is 0.251 e. The van der Waals surface area contributed by atoms with Crippen molar-refractivity contribution in [1.29, 1.82) is 0 Å². The Morgan fingerprint density at radius 2 is 1.39 bits per heavy atom. The van der Waals surface area contributed by atoms with E-state index in [2.05, 4.69) is 16.0 Å². The van der Waals surface area contributed by atoms with Gasteiger partial charge < -0.3 is 25.4 Å². The lowest BCUT2D eigenvalue weighted by Crippen LogP contribution is -2.40. The fourth-order valence-electron chi connectivity index (χ4n) is 2.37.